The summed E-state index contributed by atoms with van der Waals surface area (Å²) in [5.41, 5.74) is 0. The van der Waals surface area contributed by atoms with E-state index in [9.17, 15) is 4.79 Å². The molecule has 19 heavy (non-hydrogen) atoms. The highest BCUT2D eigenvalue weighted by molar-refractivity contribution is 8.23. The second-order valence-corrected chi connectivity index (χ2v) is 7.52. The number of nitrogens with zero attached hydrogens (tertiary/aromatic N) is 1. The molecule has 3 nitrogen and oxygen atoms in total. The Balaban J connectivity index is 1.73. The molecule has 1 unspecified atom stereocenters. The topological polar surface area (TPSA) is 32.3 Å². The van der Waals surface area contributed by atoms with Gasteiger partial charge in [0.1, 0.15) is 4.32 Å². The summed E-state index contributed by atoms with van der Waals surface area (Å²) in [5, 5.41) is 4.84. The van der Waals surface area contributed by atoms with E-state index < -0.39 is 0 Å². The van der Waals surface area contributed by atoms with Crippen LogP contribution in [0.4, 0.5) is 0 Å². The fourth-order valence-corrected chi connectivity index (χ4v) is 3.99. The van der Waals surface area contributed by atoms with Gasteiger partial charge in [-0.05, 0) is 31.2 Å². The number of likely N-dealkylation sites (tertiary alicyclic amines) is 1. The molecule has 0 aromatic carbocycles. The lowest BCUT2D eigenvalue weighted by atomic mass is 10.4. The molecule has 0 aliphatic carbocycles. The van der Waals surface area contributed by atoms with E-state index in [1.165, 1.54) is 29.5 Å². The number of hydrogen-bond donors (Lipinski definition) is 1. The molecule has 1 aromatic heterocycles. The van der Waals surface area contributed by atoms with E-state index in [1.807, 2.05) is 24.4 Å². The van der Waals surface area contributed by atoms with Gasteiger partial charge in [0, 0.05) is 18.0 Å². The number of thioether (sulfide) groups is 1. The van der Waals surface area contributed by atoms with E-state index in [-0.39, 0.29) is 11.2 Å². The fraction of sp³-hybridized carbons (Fsp3) is 0.538. The lowest BCUT2D eigenvalue weighted by Crippen LogP contribution is -2.33. The Morgan fingerprint density at radius 3 is 2.95 bits per heavy atom. The molecule has 0 radical (unpaired) electrons. The van der Waals surface area contributed by atoms with Crippen molar-refractivity contribution in [2.75, 3.05) is 13.1 Å². The molecule has 1 aliphatic rings. The maximum Gasteiger partial charge on any atom is 0.233 e. The van der Waals surface area contributed by atoms with Crippen molar-refractivity contribution in [2.45, 2.75) is 31.6 Å². The minimum Gasteiger partial charge on any atom is -0.358 e. The third-order valence-corrected chi connectivity index (χ3v) is 5.48. The predicted molar refractivity (Wildman–Crippen MR) is 86.6 cm³/mol. The van der Waals surface area contributed by atoms with E-state index in [1.54, 1.807) is 11.3 Å². The molecule has 1 saturated heterocycles. The maximum atomic E-state index is 12.0. The molecule has 1 amide bonds. The minimum absolute atomic E-state index is 0.0555. The lowest BCUT2D eigenvalue weighted by molar-refractivity contribution is -0.120. The van der Waals surface area contributed by atoms with Crippen molar-refractivity contribution < 1.29 is 4.79 Å². The average Bonchev–Trinajstić information content (AvgIpc) is 3.08. The molecule has 0 bridgehead atoms. The zero-order valence-electron chi connectivity index (χ0n) is 10.9. The van der Waals surface area contributed by atoms with Gasteiger partial charge in [0.2, 0.25) is 5.91 Å². The predicted octanol–water partition coefficient (Wildman–Crippen LogP) is 2.87. The summed E-state index contributed by atoms with van der Waals surface area (Å²) in [6, 6.07) is 4.02. The SMILES string of the molecule is CC(SC(=S)N1CCCC1)C(=O)NCc1cccs1. The van der Waals surface area contributed by atoms with Crippen molar-refractivity contribution in [3.8, 4) is 0 Å². The standard InChI is InChI=1S/C13H18N2OS3/c1-10(19-13(17)15-6-2-3-7-15)12(16)14-9-11-5-4-8-18-11/h4-5,8,10H,2-3,6-7,9H2,1H3,(H,14,16). The minimum atomic E-state index is -0.131. The van der Waals surface area contributed by atoms with Gasteiger partial charge in [-0.15, -0.1) is 11.3 Å². The van der Waals surface area contributed by atoms with E-state index in [2.05, 4.69) is 10.2 Å². The van der Waals surface area contributed by atoms with Crippen LogP contribution in [0.2, 0.25) is 0 Å². The first kappa shape index (κ1) is 14.8. The largest absolute Gasteiger partial charge is 0.358 e. The summed E-state index contributed by atoms with van der Waals surface area (Å²) in [7, 11) is 0. The van der Waals surface area contributed by atoms with Crippen LogP contribution in [0.1, 0.15) is 24.6 Å². The number of amides is 1. The third kappa shape index (κ3) is 4.47. The molecular weight excluding hydrogens is 296 g/mol. The van der Waals surface area contributed by atoms with Crippen molar-refractivity contribution in [3.05, 3.63) is 22.4 Å². The number of nitrogens with one attached hydrogen (secondary N) is 1. The molecule has 1 fully saturated rings. The maximum absolute atomic E-state index is 12.0. The molecule has 104 valence electrons. The van der Waals surface area contributed by atoms with Gasteiger partial charge in [0.15, 0.2) is 0 Å². The molecule has 1 aliphatic heterocycles. The summed E-state index contributed by atoms with van der Waals surface area (Å²) < 4.78 is 0.858. The van der Waals surface area contributed by atoms with Crippen LogP contribution in [-0.4, -0.2) is 33.5 Å². The number of thiocarbonyl (C=S) groups is 1. The first-order valence-corrected chi connectivity index (χ1v) is 8.59. The Kier molecular flexibility index (Phi) is 5.66. The smallest absolute Gasteiger partial charge is 0.233 e. The Morgan fingerprint density at radius 2 is 2.32 bits per heavy atom. The first-order valence-electron chi connectivity index (χ1n) is 6.42. The Morgan fingerprint density at radius 1 is 1.58 bits per heavy atom. The van der Waals surface area contributed by atoms with Crippen molar-refractivity contribution in [2.24, 2.45) is 0 Å². The van der Waals surface area contributed by atoms with Crippen LogP contribution in [0.25, 0.3) is 0 Å². The Bertz CT molecular complexity index is 427. The summed E-state index contributed by atoms with van der Waals surface area (Å²) in [6.07, 6.45) is 2.42. The zero-order chi connectivity index (χ0) is 13.7. The van der Waals surface area contributed by atoms with Gasteiger partial charge in [-0.1, -0.05) is 30.0 Å². The molecule has 6 heteroatoms. The molecular formula is C13H18N2OS3. The van der Waals surface area contributed by atoms with Crippen molar-refractivity contribution in [1.29, 1.82) is 0 Å². The number of carbonyl (C=O) groups excluding carboxylic acids is 1. The highest BCUT2D eigenvalue weighted by atomic mass is 32.2. The average molecular weight is 315 g/mol. The van der Waals surface area contributed by atoms with Gasteiger partial charge < -0.3 is 10.2 Å². The molecule has 1 N–H and O–H groups in total. The van der Waals surface area contributed by atoms with E-state index >= 15 is 0 Å². The van der Waals surface area contributed by atoms with Gasteiger partial charge in [-0.3, -0.25) is 4.79 Å². The quantitative estimate of drug-likeness (QED) is 0.866. The van der Waals surface area contributed by atoms with Crippen LogP contribution < -0.4 is 5.32 Å². The van der Waals surface area contributed by atoms with Crippen LogP contribution in [0.5, 0.6) is 0 Å². The number of hydrogen-bond acceptors (Lipinski definition) is 4. The summed E-state index contributed by atoms with van der Waals surface area (Å²) in [4.78, 5) is 15.4. The molecule has 1 atom stereocenters. The van der Waals surface area contributed by atoms with Gasteiger partial charge in [0.05, 0.1) is 11.8 Å². The number of carbonyl (C=O) groups is 1. The van der Waals surface area contributed by atoms with E-state index in [0.29, 0.717) is 6.54 Å². The second-order valence-electron chi connectivity index (χ2n) is 4.52. The number of thiophene rings is 1. The van der Waals surface area contributed by atoms with Gasteiger partial charge in [-0.25, -0.2) is 0 Å². The zero-order valence-corrected chi connectivity index (χ0v) is 13.4. The molecule has 1 aromatic rings. The third-order valence-electron chi connectivity index (χ3n) is 3.03. The number of rotatable bonds is 4. The summed E-state index contributed by atoms with van der Waals surface area (Å²) in [5.74, 6) is 0.0555. The van der Waals surface area contributed by atoms with E-state index in [0.717, 1.165) is 17.4 Å². The molecule has 2 heterocycles. The van der Waals surface area contributed by atoms with Crippen molar-refractivity contribution in [3.63, 3.8) is 0 Å². The lowest BCUT2D eigenvalue weighted by Gasteiger charge is -2.20. The van der Waals surface area contributed by atoms with Crippen LogP contribution in [-0.2, 0) is 11.3 Å². The van der Waals surface area contributed by atoms with Gasteiger partial charge in [0.25, 0.3) is 0 Å². The first-order chi connectivity index (χ1) is 9.16. The van der Waals surface area contributed by atoms with Gasteiger partial charge >= 0.3 is 0 Å². The highest BCUT2D eigenvalue weighted by Crippen LogP contribution is 2.20. The van der Waals surface area contributed by atoms with Crippen molar-refractivity contribution >= 4 is 45.5 Å². The Labute approximate surface area is 127 Å². The normalized spacial score (nSPS) is 16.4. The van der Waals surface area contributed by atoms with Crippen LogP contribution >= 0.6 is 35.3 Å². The summed E-state index contributed by atoms with van der Waals surface area (Å²) >= 11 is 8.53. The second kappa shape index (κ2) is 7.26. The molecule has 2 rings (SSSR count). The molecule has 0 spiro atoms. The van der Waals surface area contributed by atoms with Crippen LogP contribution in [0.15, 0.2) is 17.5 Å². The summed E-state index contributed by atoms with van der Waals surface area (Å²) in [6.45, 7) is 4.60. The van der Waals surface area contributed by atoms with Gasteiger partial charge in [-0.2, -0.15) is 0 Å². The fourth-order valence-electron chi connectivity index (χ4n) is 1.91. The van der Waals surface area contributed by atoms with Crippen molar-refractivity contribution in [1.82, 2.24) is 10.2 Å². The highest BCUT2D eigenvalue weighted by Gasteiger charge is 2.21. The van der Waals surface area contributed by atoms with Crippen LogP contribution in [0, 0.1) is 0 Å². The van der Waals surface area contributed by atoms with E-state index in [4.69, 9.17) is 12.2 Å². The Hall–Kier alpha value is -0.590. The monoisotopic (exact) mass is 314 g/mol. The molecule has 0 saturated carbocycles. The van der Waals surface area contributed by atoms with Crippen LogP contribution in [0.3, 0.4) is 0 Å².